The van der Waals surface area contributed by atoms with Crippen molar-refractivity contribution < 1.29 is 20.1 Å². The second-order valence-corrected chi connectivity index (χ2v) is 14.6. The van der Waals surface area contributed by atoms with Crippen LogP contribution in [-0.4, -0.2) is 46.1 Å². The molecule has 0 bridgehead atoms. The van der Waals surface area contributed by atoms with Gasteiger partial charge in [-0.2, -0.15) is 0 Å². The summed E-state index contributed by atoms with van der Waals surface area (Å²) in [4.78, 5) is 12.3. The number of carbonyl (C=O) groups excluding carboxylic acids is 1. The van der Waals surface area contributed by atoms with Crippen molar-refractivity contribution in [1.29, 1.82) is 0 Å². The largest absolute Gasteiger partial charge is 0.394 e. The van der Waals surface area contributed by atoms with Gasteiger partial charge in [0.05, 0.1) is 31.3 Å². The van der Waals surface area contributed by atoms with Gasteiger partial charge >= 0.3 is 0 Å². The lowest BCUT2D eigenvalue weighted by Gasteiger charge is -2.21. The van der Waals surface area contributed by atoms with Gasteiger partial charge in [0.2, 0.25) is 5.91 Å². The molecule has 0 fully saturated rings. The summed E-state index contributed by atoms with van der Waals surface area (Å²) in [6.07, 6.45) is 48.7. The minimum absolute atomic E-state index is 0.00342. The Bertz CT molecular complexity index is 764. The first-order chi connectivity index (χ1) is 24.0. The number of allylic oxidation sites excluding steroid dienone is 5. The number of unbranched alkanes of at least 4 members (excludes halogenated alkanes) is 25. The molecule has 0 saturated carbocycles. The van der Waals surface area contributed by atoms with E-state index in [0.717, 1.165) is 38.5 Å². The van der Waals surface area contributed by atoms with E-state index in [-0.39, 0.29) is 18.9 Å². The van der Waals surface area contributed by atoms with Gasteiger partial charge in [-0.1, -0.05) is 198 Å². The van der Waals surface area contributed by atoms with Crippen molar-refractivity contribution in [2.75, 3.05) is 6.61 Å². The number of carbonyl (C=O) groups is 1. The van der Waals surface area contributed by atoms with Crippen LogP contribution in [0.15, 0.2) is 36.5 Å². The Balaban J connectivity index is 3.70. The second-order valence-electron chi connectivity index (χ2n) is 14.6. The normalized spacial score (nSPS) is 14.0. The maximum atomic E-state index is 12.3. The second kappa shape index (κ2) is 39.4. The molecule has 0 rings (SSSR count). The molecule has 0 saturated heterocycles. The highest BCUT2D eigenvalue weighted by Crippen LogP contribution is 2.15. The number of hydrogen-bond acceptors (Lipinski definition) is 4. The van der Waals surface area contributed by atoms with E-state index < -0.39 is 18.2 Å². The minimum Gasteiger partial charge on any atom is -0.394 e. The molecule has 3 atom stereocenters. The zero-order chi connectivity index (χ0) is 35.9. The van der Waals surface area contributed by atoms with E-state index in [9.17, 15) is 20.1 Å². The number of nitrogens with one attached hydrogen (secondary N) is 1. The molecule has 0 radical (unpaired) electrons. The van der Waals surface area contributed by atoms with Crippen LogP contribution in [0.2, 0.25) is 0 Å². The molecule has 0 spiro atoms. The fraction of sp³-hybridized carbons (Fsp3) is 0.841. The SMILES string of the molecule is CCCCCCCCCCCCCCCCC/C=C/CC/C=C/CC/C=C/C(O)C(CO)NC(=O)CC(O)CCCCCCCCCCC. The summed E-state index contributed by atoms with van der Waals surface area (Å²) in [7, 11) is 0. The lowest BCUT2D eigenvalue weighted by Crippen LogP contribution is -2.45. The molecule has 0 aliphatic carbocycles. The molecular formula is C44H83NO4. The van der Waals surface area contributed by atoms with Crippen LogP contribution < -0.4 is 5.32 Å². The third kappa shape index (κ3) is 36.2. The number of aliphatic hydroxyl groups excluding tert-OH is 3. The molecule has 3 unspecified atom stereocenters. The van der Waals surface area contributed by atoms with Gasteiger partial charge in [-0.25, -0.2) is 0 Å². The van der Waals surface area contributed by atoms with Crippen LogP contribution in [0.3, 0.4) is 0 Å². The van der Waals surface area contributed by atoms with Crippen molar-refractivity contribution in [3.05, 3.63) is 36.5 Å². The van der Waals surface area contributed by atoms with E-state index in [0.29, 0.717) is 6.42 Å². The van der Waals surface area contributed by atoms with Crippen molar-refractivity contribution in [2.45, 2.75) is 231 Å². The Morgan fingerprint density at radius 2 is 0.878 bits per heavy atom. The Morgan fingerprint density at radius 1 is 0.510 bits per heavy atom. The van der Waals surface area contributed by atoms with Crippen LogP contribution in [0.25, 0.3) is 0 Å². The molecular weight excluding hydrogens is 606 g/mol. The molecule has 0 aromatic heterocycles. The van der Waals surface area contributed by atoms with Gasteiger partial charge in [0.25, 0.3) is 0 Å². The number of amides is 1. The summed E-state index contributed by atoms with van der Waals surface area (Å²) in [5.74, 6) is -0.332. The summed E-state index contributed by atoms with van der Waals surface area (Å²) in [6.45, 7) is 4.17. The Hall–Kier alpha value is -1.43. The van der Waals surface area contributed by atoms with Gasteiger partial charge in [0.1, 0.15) is 0 Å². The van der Waals surface area contributed by atoms with E-state index in [1.165, 1.54) is 148 Å². The zero-order valence-corrected chi connectivity index (χ0v) is 32.6. The van der Waals surface area contributed by atoms with Crippen molar-refractivity contribution in [3.8, 4) is 0 Å². The van der Waals surface area contributed by atoms with Gasteiger partial charge < -0.3 is 20.6 Å². The summed E-state index contributed by atoms with van der Waals surface area (Å²) in [5, 5.41) is 33.0. The first-order valence-corrected chi connectivity index (χ1v) is 21.3. The van der Waals surface area contributed by atoms with E-state index >= 15 is 0 Å². The zero-order valence-electron chi connectivity index (χ0n) is 32.6. The average Bonchev–Trinajstić information content (AvgIpc) is 3.09. The molecule has 0 aliphatic heterocycles. The van der Waals surface area contributed by atoms with Crippen LogP contribution in [-0.2, 0) is 4.79 Å². The molecule has 1 amide bonds. The van der Waals surface area contributed by atoms with Crippen LogP contribution in [0, 0.1) is 0 Å². The van der Waals surface area contributed by atoms with Gasteiger partial charge in [-0.05, 0) is 44.9 Å². The molecule has 0 aromatic carbocycles. The fourth-order valence-electron chi connectivity index (χ4n) is 6.37. The van der Waals surface area contributed by atoms with Gasteiger partial charge in [0.15, 0.2) is 0 Å². The van der Waals surface area contributed by atoms with Crippen molar-refractivity contribution in [2.24, 2.45) is 0 Å². The maximum Gasteiger partial charge on any atom is 0.222 e. The topological polar surface area (TPSA) is 89.8 Å². The van der Waals surface area contributed by atoms with Crippen molar-refractivity contribution in [1.82, 2.24) is 5.32 Å². The van der Waals surface area contributed by atoms with Gasteiger partial charge in [-0.3, -0.25) is 4.79 Å². The molecule has 288 valence electrons. The quantitative estimate of drug-likeness (QED) is 0.0384. The molecule has 4 N–H and O–H groups in total. The fourth-order valence-corrected chi connectivity index (χ4v) is 6.37. The third-order valence-electron chi connectivity index (χ3n) is 9.66. The number of aliphatic hydroxyl groups is 3. The monoisotopic (exact) mass is 690 g/mol. The van der Waals surface area contributed by atoms with Crippen molar-refractivity contribution in [3.63, 3.8) is 0 Å². The van der Waals surface area contributed by atoms with Crippen LogP contribution >= 0.6 is 0 Å². The van der Waals surface area contributed by atoms with E-state index in [1.807, 2.05) is 6.08 Å². The van der Waals surface area contributed by atoms with Gasteiger partial charge in [-0.15, -0.1) is 0 Å². The Labute approximate surface area is 304 Å². The first kappa shape index (κ1) is 47.6. The van der Waals surface area contributed by atoms with Crippen LogP contribution in [0.1, 0.15) is 213 Å². The highest BCUT2D eigenvalue weighted by atomic mass is 16.3. The van der Waals surface area contributed by atoms with E-state index in [1.54, 1.807) is 6.08 Å². The Morgan fingerprint density at radius 3 is 1.31 bits per heavy atom. The Kier molecular flexibility index (Phi) is 38.2. The van der Waals surface area contributed by atoms with Gasteiger partial charge in [0, 0.05) is 0 Å². The molecule has 49 heavy (non-hydrogen) atoms. The van der Waals surface area contributed by atoms with Crippen LogP contribution in [0.4, 0.5) is 0 Å². The highest BCUT2D eigenvalue weighted by molar-refractivity contribution is 5.76. The highest BCUT2D eigenvalue weighted by Gasteiger charge is 2.20. The lowest BCUT2D eigenvalue weighted by molar-refractivity contribution is -0.124. The van der Waals surface area contributed by atoms with E-state index in [4.69, 9.17) is 0 Å². The third-order valence-corrected chi connectivity index (χ3v) is 9.66. The predicted molar refractivity (Wildman–Crippen MR) is 213 cm³/mol. The summed E-state index contributed by atoms with van der Waals surface area (Å²) < 4.78 is 0. The van der Waals surface area contributed by atoms with Crippen LogP contribution in [0.5, 0.6) is 0 Å². The minimum atomic E-state index is -0.956. The molecule has 0 aliphatic rings. The van der Waals surface area contributed by atoms with E-state index in [2.05, 4.69) is 43.5 Å². The molecule has 0 heterocycles. The smallest absolute Gasteiger partial charge is 0.222 e. The lowest BCUT2D eigenvalue weighted by atomic mass is 10.0. The standard InChI is InChI=1S/C44H83NO4/c1-3-5-7-9-11-13-14-15-16-17-18-19-20-21-22-23-24-25-26-27-28-30-32-34-36-38-43(48)42(40-46)45-44(49)39-41(47)37-35-33-31-29-12-10-8-6-4-2/h24-25,28,30,36,38,41-43,46-48H,3-23,26-27,29,31-35,37,39-40H2,1-2H3,(H,45,49)/b25-24+,30-28+,38-36+. The summed E-state index contributed by atoms with van der Waals surface area (Å²) in [5.41, 5.74) is 0. The summed E-state index contributed by atoms with van der Waals surface area (Å²) in [6, 6.07) is -0.764. The molecule has 5 nitrogen and oxygen atoms in total. The average molecular weight is 690 g/mol. The molecule has 0 aromatic rings. The number of hydrogen-bond donors (Lipinski definition) is 4. The van der Waals surface area contributed by atoms with Crippen molar-refractivity contribution >= 4 is 5.91 Å². The maximum absolute atomic E-state index is 12.3. The summed E-state index contributed by atoms with van der Waals surface area (Å²) >= 11 is 0. The molecule has 5 heteroatoms. The first-order valence-electron chi connectivity index (χ1n) is 21.3. The number of rotatable bonds is 38. The predicted octanol–water partition coefficient (Wildman–Crippen LogP) is 12.0.